The number of aliphatic hydroxyl groups excluding tert-OH is 1. The minimum atomic E-state index is -0.266. The number of nitrogens with zero attached hydrogens (tertiary/aromatic N) is 3. The van der Waals surface area contributed by atoms with Crippen LogP contribution in [0.5, 0.6) is 0 Å². The molecule has 7 nitrogen and oxygen atoms in total. The predicted octanol–water partition coefficient (Wildman–Crippen LogP) is -0.300. The molecule has 1 fully saturated rings. The first-order valence-electron chi connectivity index (χ1n) is 5.07. The molecule has 0 bridgehead atoms. The third kappa shape index (κ3) is 1.74. The molecular weight excluding hydrogens is 244 g/mol. The van der Waals surface area contributed by atoms with E-state index in [-0.39, 0.29) is 23.8 Å². The van der Waals surface area contributed by atoms with E-state index in [0.717, 1.165) is 0 Å². The minimum absolute atomic E-state index is 0.0260. The van der Waals surface area contributed by atoms with Gasteiger partial charge in [0.05, 0.1) is 19.3 Å². The van der Waals surface area contributed by atoms with E-state index in [1.807, 2.05) is 0 Å². The Morgan fingerprint density at radius 2 is 2.53 bits per heavy atom. The van der Waals surface area contributed by atoms with E-state index < -0.39 is 0 Å². The summed E-state index contributed by atoms with van der Waals surface area (Å²) in [6.45, 7) is -0.0260. The zero-order chi connectivity index (χ0) is 11.8. The number of imidazole rings is 1. The highest BCUT2D eigenvalue weighted by atomic mass is 32.2. The van der Waals surface area contributed by atoms with Crippen LogP contribution >= 0.6 is 11.8 Å². The van der Waals surface area contributed by atoms with Crippen molar-refractivity contribution in [1.82, 2.24) is 19.5 Å². The Labute approximate surface area is 99.8 Å². The Morgan fingerprint density at radius 1 is 1.65 bits per heavy atom. The van der Waals surface area contributed by atoms with Gasteiger partial charge in [-0.05, 0) is 0 Å². The fourth-order valence-corrected chi connectivity index (χ4v) is 2.69. The number of aliphatic hydroxyl groups is 1. The topological polar surface area (TPSA) is 93.0 Å². The lowest BCUT2D eigenvalue weighted by Crippen LogP contribution is -2.15. The fourth-order valence-electron chi connectivity index (χ4n) is 1.76. The molecule has 1 saturated heterocycles. The molecular formula is C9H10N4O3S. The van der Waals surface area contributed by atoms with E-state index in [1.165, 1.54) is 24.4 Å². The zero-order valence-electron chi connectivity index (χ0n) is 8.74. The summed E-state index contributed by atoms with van der Waals surface area (Å²) < 4.78 is 7.30. The second-order valence-corrected chi connectivity index (χ2v) is 4.78. The molecule has 0 aromatic carbocycles. The Morgan fingerprint density at radius 3 is 3.29 bits per heavy atom. The standard InChI is InChI=1S/C9H10N4O3S/c14-1-6-16-5(2-17-6)13-4-12-7-8(13)10-3-11-9(7)15/h3-6,14H,1-2H2,(H,10,11,15)/t5-,6-/m1/s1. The number of nitrogens with one attached hydrogen (secondary N) is 1. The van der Waals surface area contributed by atoms with Gasteiger partial charge in [-0.3, -0.25) is 9.36 Å². The molecule has 0 unspecified atom stereocenters. The van der Waals surface area contributed by atoms with Crippen LogP contribution in [0.4, 0.5) is 0 Å². The molecule has 0 amide bonds. The van der Waals surface area contributed by atoms with Gasteiger partial charge in [-0.2, -0.15) is 0 Å². The quantitative estimate of drug-likeness (QED) is 0.764. The molecule has 17 heavy (non-hydrogen) atoms. The van der Waals surface area contributed by atoms with Gasteiger partial charge in [0, 0.05) is 5.75 Å². The molecule has 2 N–H and O–H groups in total. The maximum absolute atomic E-state index is 11.5. The van der Waals surface area contributed by atoms with Gasteiger partial charge in [0.15, 0.2) is 11.2 Å². The lowest BCUT2D eigenvalue weighted by molar-refractivity contribution is -0.00191. The highest BCUT2D eigenvalue weighted by Crippen LogP contribution is 2.32. The smallest absolute Gasteiger partial charge is 0.278 e. The molecule has 1 aliphatic rings. The van der Waals surface area contributed by atoms with Gasteiger partial charge < -0.3 is 14.8 Å². The van der Waals surface area contributed by atoms with Crippen LogP contribution in [0.2, 0.25) is 0 Å². The van der Waals surface area contributed by atoms with Gasteiger partial charge in [0.2, 0.25) is 0 Å². The molecule has 2 atom stereocenters. The first-order valence-corrected chi connectivity index (χ1v) is 6.12. The number of aromatic nitrogens is 4. The Hall–Kier alpha value is -1.38. The molecule has 3 heterocycles. The molecule has 0 radical (unpaired) electrons. The summed E-state index contributed by atoms with van der Waals surface area (Å²) in [5, 5.41) is 9.00. The summed E-state index contributed by atoms with van der Waals surface area (Å²) in [5.41, 5.74) is 0.309. The van der Waals surface area contributed by atoms with E-state index in [1.54, 1.807) is 4.57 Å². The van der Waals surface area contributed by atoms with E-state index in [9.17, 15) is 4.79 Å². The van der Waals surface area contributed by atoms with Gasteiger partial charge in [-0.15, -0.1) is 11.8 Å². The number of hydrogen-bond donors (Lipinski definition) is 2. The maximum atomic E-state index is 11.5. The maximum Gasteiger partial charge on any atom is 0.278 e. The van der Waals surface area contributed by atoms with E-state index in [0.29, 0.717) is 16.9 Å². The van der Waals surface area contributed by atoms with Crippen molar-refractivity contribution >= 4 is 22.9 Å². The molecule has 3 rings (SSSR count). The van der Waals surface area contributed by atoms with Crippen LogP contribution in [-0.4, -0.2) is 42.4 Å². The van der Waals surface area contributed by atoms with Crippen LogP contribution in [0.25, 0.3) is 11.2 Å². The average Bonchev–Trinajstić information content (AvgIpc) is 2.94. The number of ether oxygens (including phenoxy) is 1. The van der Waals surface area contributed by atoms with Gasteiger partial charge in [0.25, 0.3) is 5.56 Å². The lowest BCUT2D eigenvalue weighted by Gasteiger charge is -2.12. The number of thioether (sulfide) groups is 1. The summed E-state index contributed by atoms with van der Waals surface area (Å²) in [6, 6.07) is 0. The summed E-state index contributed by atoms with van der Waals surface area (Å²) in [5.74, 6) is 0.700. The van der Waals surface area contributed by atoms with Crippen LogP contribution < -0.4 is 5.56 Å². The van der Waals surface area contributed by atoms with Crippen LogP contribution in [-0.2, 0) is 4.74 Å². The van der Waals surface area contributed by atoms with Gasteiger partial charge >= 0.3 is 0 Å². The third-order valence-electron chi connectivity index (χ3n) is 2.56. The van der Waals surface area contributed by atoms with Gasteiger partial charge in [-0.25, -0.2) is 9.97 Å². The van der Waals surface area contributed by atoms with Crippen molar-refractivity contribution in [2.45, 2.75) is 11.7 Å². The van der Waals surface area contributed by atoms with Crippen molar-refractivity contribution in [3.8, 4) is 0 Å². The van der Waals surface area contributed by atoms with Crippen molar-refractivity contribution in [3.05, 3.63) is 23.0 Å². The highest BCUT2D eigenvalue weighted by molar-refractivity contribution is 8.00. The minimum Gasteiger partial charge on any atom is -0.393 e. The largest absolute Gasteiger partial charge is 0.393 e. The summed E-state index contributed by atoms with van der Waals surface area (Å²) >= 11 is 1.53. The second-order valence-electron chi connectivity index (χ2n) is 3.59. The zero-order valence-corrected chi connectivity index (χ0v) is 9.55. The van der Waals surface area contributed by atoms with Crippen molar-refractivity contribution in [3.63, 3.8) is 0 Å². The summed E-state index contributed by atoms with van der Waals surface area (Å²) in [4.78, 5) is 22.0. The van der Waals surface area contributed by atoms with Crippen molar-refractivity contribution in [2.75, 3.05) is 12.4 Å². The normalized spacial score (nSPS) is 24.5. The molecule has 1 aliphatic heterocycles. The van der Waals surface area contributed by atoms with Crippen molar-refractivity contribution < 1.29 is 9.84 Å². The van der Waals surface area contributed by atoms with Crippen LogP contribution in [0.3, 0.4) is 0 Å². The molecule has 2 aromatic rings. The van der Waals surface area contributed by atoms with E-state index >= 15 is 0 Å². The number of fused-ring (bicyclic) bond motifs is 1. The Bertz CT molecular complexity index is 595. The van der Waals surface area contributed by atoms with E-state index in [4.69, 9.17) is 9.84 Å². The molecule has 8 heteroatoms. The third-order valence-corrected chi connectivity index (χ3v) is 3.67. The molecule has 0 aliphatic carbocycles. The molecule has 0 spiro atoms. The van der Waals surface area contributed by atoms with Crippen molar-refractivity contribution in [1.29, 1.82) is 0 Å². The van der Waals surface area contributed by atoms with Crippen LogP contribution in [0.1, 0.15) is 6.23 Å². The average molecular weight is 254 g/mol. The Kier molecular flexibility index (Phi) is 2.61. The summed E-state index contributed by atoms with van der Waals surface area (Å²) in [6.07, 6.45) is 2.64. The Balaban J connectivity index is 2.02. The molecule has 90 valence electrons. The summed E-state index contributed by atoms with van der Waals surface area (Å²) in [7, 11) is 0. The van der Waals surface area contributed by atoms with Gasteiger partial charge in [0.1, 0.15) is 11.7 Å². The van der Waals surface area contributed by atoms with Crippen LogP contribution in [0, 0.1) is 0 Å². The van der Waals surface area contributed by atoms with E-state index in [2.05, 4.69) is 15.0 Å². The first kappa shape index (κ1) is 10.8. The molecule has 0 saturated carbocycles. The second kappa shape index (κ2) is 4.13. The highest BCUT2D eigenvalue weighted by Gasteiger charge is 2.28. The number of H-pyrrole nitrogens is 1. The van der Waals surface area contributed by atoms with Crippen LogP contribution in [0.15, 0.2) is 17.4 Å². The number of rotatable bonds is 2. The SMILES string of the molecule is O=c1[nH]cnc2c1ncn2[C@H]1CS[C@H](CO)O1. The lowest BCUT2D eigenvalue weighted by atomic mass is 10.5. The molecule has 2 aromatic heterocycles. The number of hydrogen-bond acceptors (Lipinski definition) is 6. The monoisotopic (exact) mass is 254 g/mol. The first-order chi connectivity index (χ1) is 8.29. The number of aromatic amines is 1. The van der Waals surface area contributed by atoms with Gasteiger partial charge in [-0.1, -0.05) is 0 Å². The van der Waals surface area contributed by atoms with Crippen molar-refractivity contribution in [2.24, 2.45) is 0 Å². The fraction of sp³-hybridized carbons (Fsp3) is 0.444. The predicted molar refractivity (Wildman–Crippen MR) is 61.6 cm³/mol.